The molecule has 1 unspecified atom stereocenters. The van der Waals surface area contributed by atoms with Gasteiger partial charge in [0.05, 0.1) is 0 Å². The summed E-state index contributed by atoms with van der Waals surface area (Å²) in [5, 5.41) is 0. The van der Waals surface area contributed by atoms with E-state index in [0.717, 1.165) is 37.7 Å². The molecule has 0 aromatic carbocycles. The van der Waals surface area contributed by atoms with E-state index in [1.165, 1.54) is 13.3 Å². The Morgan fingerprint density at radius 1 is 1.26 bits per heavy atom. The Kier molecular flexibility index (Phi) is 4.42. The van der Waals surface area contributed by atoms with Crippen molar-refractivity contribution in [2.75, 3.05) is 0 Å². The third-order valence-corrected chi connectivity index (χ3v) is 3.67. The van der Waals surface area contributed by atoms with Gasteiger partial charge in [-0.15, -0.1) is 0 Å². The first-order chi connectivity index (χ1) is 9.12. The summed E-state index contributed by atoms with van der Waals surface area (Å²) in [6, 6.07) is 0. The monoisotopic (exact) mass is 260 g/mol. The van der Waals surface area contributed by atoms with Crippen LogP contribution < -0.4 is 0 Å². The van der Waals surface area contributed by atoms with Gasteiger partial charge in [0.1, 0.15) is 0 Å². The number of ketones is 1. The summed E-state index contributed by atoms with van der Waals surface area (Å²) in [4.78, 5) is 23.4. The van der Waals surface area contributed by atoms with E-state index in [1.807, 2.05) is 0 Å². The average Bonchev–Trinajstić information content (AvgIpc) is 2.40. The smallest absolute Gasteiger partial charge is 0.304 e. The molecule has 0 aliphatic heterocycles. The van der Waals surface area contributed by atoms with Crippen molar-refractivity contribution in [3.8, 4) is 11.8 Å². The van der Waals surface area contributed by atoms with Gasteiger partial charge in [-0.1, -0.05) is 12.0 Å². The van der Waals surface area contributed by atoms with E-state index in [1.54, 1.807) is 0 Å². The molecule has 0 aromatic heterocycles. The van der Waals surface area contributed by atoms with Crippen molar-refractivity contribution in [1.82, 2.24) is 0 Å². The summed E-state index contributed by atoms with van der Waals surface area (Å²) in [6.45, 7) is 1.34. The number of hydrogen-bond acceptors (Lipinski definition) is 3. The molecule has 0 bridgehead atoms. The number of Topliss-reactive ketones (excluding diaryl/α,β-unsaturated/α-hetero) is 1. The van der Waals surface area contributed by atoms with E-state index in [0.29, 0.717) is 12.8 Å². The van der Waals surface area contributed by atoms with E-state index in [4.69, 9.17) is 4.74 Å². The molecule has 3 nitrogen and oxygen atoms in total. The van der Waals surface area contributed by atoms with E-state index in [-0.39, 0.29) is 5.78 Å². The van der Waals surface area contributed by atoms with Crippen LogP contribution in [0.25, 0.3) is 0 Å². The highest BCUT2D eigenvalue weighted by atomic mass is 16.6. The Morgan fingerprint density at radius 2 is 2.05 bits per heavy atom. The van der Waals surface area contributed by atoms with Crippen molar-refractivity contribution in [2.24, 2.45) is 0 Å². The molecule has 1 fully saturated rings. The summed E-state index contributed by atoms with van der Waals surface area (Å²) in [5.74, 6) is 5.58. The zero-order chi connectivity index (χ0) is 13.7. The molecule has 3 heteroatoms. The summed E-state index contributed by atoms with van der Waals surface area (Å²) >= 11 is 0. The molecule has 2 aliphatic rings. The van der Waals surface area contributed by atoms with E-state index < -0.39 is 11.6 Å². The first-order valence-corrected chi connectivity index (χ1v) is 7.07. The van der Waals surface area contributed by atoms with Gasteiger partial charge in [-0.25, -0.2) is 0 Å². The van der Waals surface area contributed by atoms with Gasteiger partial charge in [0, 0.05) is 19.8 Å². The summed E-state index contributed by atoms with van der Waals surface area (Å²) in [7, 11) is 0. The minimum Gasteiger partial charge on any atom is -0.438 e. The molecule has 1 atom stereocenters. The zero-order valence-electron chi connectivity index (χ0n) is 11.5. The molecule has 2 aliphatic carbocycles. The number of ether oxygens (including phenoxy) is 1. The highest BCUT2D eigenvalue weighted by molar-refractivity contribution is 5.93. The number of rotatable bonds is 1. The first kappa shape index (κ1) is 13.9. The second kappa shape index (κ2) is 6.06. The highest BCUT2D eigenvalue weighted by Gasteiger charge is 2.41. The highest BCUT2D eigenvalue weighted by Crippen LogP contribution is 2.29. The normalized spacial score (nSPS) is 27.0. The van der Waals surface area contributed by atoms with Gasteiger partial charge >= 0.3 is 5.97 Å². The van der Waals surface area contributed by atoms with E-state index in [9.17, 15) is 9.59 Å². The van der Waals surface area contributed by atoms with Gasteiger partial charge in [0.25, 0.3) is 0 Å². The van der Waals surface area contributed by atoms with Crippen LogP contribution in [-0.2, 0) is 14.3 Å². The molecule has 0 radical (unpaired) electrons. The minimum absolute atomic E-state index is 0.0436. The Morgan fingerprint density at radius 3 is 2.68 bits per heavy atom. The van der Waals surface area contributed by atoms with Crippen LogP contribution in [0.4, 0.5) is 0 Å². The fourth-order valence-corrected chi connectivity index (χ4v) is 2.64. The quantitative estimate of drug-likeness (QED) is 0.538. The van der Waals surface area contributed by atoms with Gasteiger partial charge in [0.15, 0.2) is 5.78 Å². The van der Waals surface area contributed by atoms with Crippen molar-refractivity contribution < 1.29 is 14.3 Å². The van der Waals surface area contributed by atoms with Crippen LogP contribution in [0.3, 0.4) is 0 Å². The van der Waals surface area contributed by atoms with Crippen LogP contribution in [0.1, 0.15) is 58.3 Å². The van der Waals surface area contributed by atoms with Gasteiger partial charge in [0.2, 0.25) is 5.60 Å². The second-order valence-electron chi connectivity index (χ2n) is 5.28. The lowest BCUT2D eigenvalue weighted by molar-refractivity contribution is -0.161. The first-order valence-electron chi connectivity index (χ1n) is 7.07. The van der Waals surface area contributed by atoms with Crippen LogP contribution in [0.5, 0.6) is 0 Å². The predicted octanol–water partition coefficient (Wildman–Crippen LogP) is 2.94. The van der Waals surface area contributed by atoms with Gasteiger partial charge in [-0.2, -0.15) is 0 Å². The van der Waals surface area contributed by atoms with Gasteiger partial charge in [-0.3, -0.25) is 9.59 Å². The molecule has 102 valence electrons. The maximum absolute atomic E-state index is 12.1. The molecule has 2 rings (SSSR count). The molecule has 0 aromatic rings. The van der Waals surface area contributed by atoms with Crippen molar-refractivity contribution in [2.45, 2.75) is 63.9 Å². The molecule has 0 N–H and O–H groups in total. The molecular weight excluding hydrogens is 240 g/mol. The van der Waals surface area contributed by atoms with Crippen molar-refractivity contribution in [3.63, 3.8) is 0 Å². The number of allylic oxidation sites excluding steroid dienone is 2. The summed E-state index contributed by atoms with van der Waals surface area (Å²) in [5.41, 5.74) is -0.0984. The molecule has 1 saturated carbocycles. The Balaban J connectivity index is 2.22. The van der Waals surface area contributed by atoms with Crippen LogP contribution in [-0.4, -0.2) is 17.4 Å². The number of hydrogen-bond donors (Lipinski definition) is 0. The lowest BCUT2D eigenvalue weighted by atomic mass is 9.83. The minimum atomic E-state index is -1.18. The maximum atomic E-state index is 12.1. The standard InChI is InChI=1S/C16H20O3/c1-13(17)19-16(11-6-5-9-15(16)18)12-10-14-7-3-2-4-8-14/h7H,2-6,8-9,11H2,1H3. The summed E-state index contributed by atoms with van der Waals surface area (Å²) in [6.07, 6.45) is 9.25. The fraction of sp³-hybridized carbons (Fsp3) is 0.625. The van der Waals surface area contributed by atoms with Gasteiger partial charge < -0.3 is 4.74 Å². The third-order valence-electron chi connectivity index (χ3n) is 3.67. The molecular formula is C16H20O3. The largest absolute Gasteiger partial charge is 0.438 e. The topological polar surface area (TPSA) is 43.4 Å². The molecule has 0 spiro atoms. The Bertz CT molecular complexity index is 464. The van der Waals surface area contributed by atoms with Crippen LogP contribution in [0, 0.1) is 11.8 Å². The second-order valence-corrected chi connectivity index (χ2v) is 5.28. The van der Waals surface area contributed by atoms with Crippen LogP contribution >= 0.6 is 0 Å². The lowest BCUT2D eigenvalue weighted by Crippen LogP contribution is -2.44. The van der Waals surface area contributed by atoms with Crippen molar-refractivity contribution in [3.05, 3.63) is 11.6 Å². The van der Waals surface area contributed by atoms with Crippen molar-refractivity contribution in [1.29, 1.82) is 0 Å². The zero-order valence-corrected chi connectivity index (χ0v) is 11.5. The molecule has 19 heavy (non-hydrogen) atoms. The lowest BCUT2D eigenvalue weighted by Gasteiger charge is -2.30. The third kappa shape index (κ3) is 3.47. The Labute approximate surface area is 114 Å². The number of esters is 1. The average molecular weight is 260 g/mol. The van der Waals surface area contributed by atoms with E-state index >= 15 is 0 Å². The van der Waals surface area contributed by atoms with E-state index in [2.05, 4.69) is 17.9 Å². The predicted molar refractivity (Wildman–Crippen MR) is 72.3 cm³/mol. The van der Waals surface area contributed by atoms with Gasteiger partial charge in [-0.05, 0) is 50.0 Å². The number of carbonyl (C=O) groups is 2. The fourth-order valence-electron chi connectivity index (χ4n) is 2.64. The number of carbonyl (C=O) groups excluding carboxylic acids is 2. The van der Waals surface area contributed by atoms with Crippen molar-refractivity contribution >= 4 is 11.8 Å². The maximum Gasteiger partial charge on any atom is 0.304 e. The SMILES string of the molecule is CC(=O)OC1(C#CC2=CCCCC2)CCCCC1=O. The van der Waals surface area contributed by atoms with Crippen LogP contribution in [0.15, 0.2) is 11.6 Å². The molecule has 0 saturated heterocycles. The molecule has 0 amide bonds. The molecule has 0 heterocycles. The summed E-state index contributed by atoms with van der Waals surface area (Å²) < 4.78 is 5.29. The Hall–Kier alpha value is -1.56. The van der Waals surface area contributed by atoms with Crippen LogP contribution in [0.2, 0.25) is 0 Å².